The SMILES string of the molecule is CCOC(=O)C(=N/O)/C(C)=N/NC(=O)c1nnn(-c2nonc2N)c1COc1ccccc1. The van der Waals surface area contributed by atoms with Gasteiger partial charge < -0.3 is 20.4 Å². The molecule has 0 aliphatic carbocycles. The minimum atomic E-state index is -0.910. The molecule has 0 spiro atoms. The van der Waals surface area contributed by atoms with E-state index < -0.39 is 17.6 Å². The summed E-state index contributed by atoms with van der Waals surface area (Å²) in [5.41, 5.74) is 7.34. The Kier molecular flexibility index (Phi) is 7.25. The minimum absolute atomic E-state index is 0.00454. The summed E-state index contributed by atoms with van der Waals surface area (Å²) in [5, 5.41) is 30.5. The van der Waals surface area contributed by atoms with Crippen molar-refractivity contribution >= 4 is 29.1 Å². The maximum absolute atomic E-state index is 12.8. The molecule has 2 heterocycles. The number of benzene rings is 1. The van der Waals surface area contributed by atoms with E-state index in [0.717, 1.165) is 4.68 Å². The number of nitrogens with two attached hydrogens (primary N) is 1. The summed E-state index contributed by atoms with van der Waals surface area (Å²) in [6.07, 6.45) is 0. The Hall–Kier alpha value is -4.82. The van der Waals surface area contributed by atoms with Gasteiger partial charge in [-0.1, -0.05) is 28.6 Å². The Balaban J connectivity index is 1.87. The van der Waals surface area contributed by atoms with Gasteiger partial charge in [-0.15, -0.1) is 5.10 Å². The number of carbonyl (C=O) groups is 2. The van der Waals surface area contributed by atoms with E-state index >= 15 is 0 Å². The van der Waals surface area contributed by atoms with Crippen molar-refractivity contribution in [2.75, 3.05) is 12.3 Å². The van der Waals surface area contributed by atoms with Crippen molar-refractivity contribution in [2.45, 2.75) is 20.5 Å². The van der Waals surface area contributed by atoms with Crippen LogP contribution in [-0.4, -0.2) is 60.4 Å². The third-order valence-electron chi connectivity index (χ3n) is 4.03. The number of amides is 1. The third kappa shape index (κ3) is 5.27. The molecule has 1 aromatic carbocycles. The molecule has 0 saturated heterocycles. The molecule has 15 nitrogen and oxygen atoms in total. The first kappa shape index (κ1) is 22.9. The van der Waals surface area contributed by atoms with E-state index in [1.807, 2.05) is 6.07 Å². The first-order valence-corrected chi connectivity index (χ1v) is 9.41. The fraction of sp³-hybridized carbons (Fsp3) is 0.222. The predicted octanol–water partition coefficient (Wildman–Crippen LogP) is 0.311. The van der Waals surface area contributed by atoms with Crippen molar-refractivity contribution in [3.8, 4) is 11.6 Å². The Morgan fingerprint density at radius 2 is 2.03 bits per heavy atom. The van der Waals surface area contributed by atoms with Crippen LogP contribution < -0.4 is 15.9 Å². The lowest BCUT2D eigenvalue weighted by molar-refractivity contribution is -0.134. The number of oxime groups is 1. The molecule has 3 rings (SSSR count). The molecule has 0 atom stereocenters. The molecule has 0 aliphatic heterocycles. The summed E-state index contributed by atoms with van der Waals surface area (Å²) in [6, 6.07) is 8.82. The molecule has 0 fully saturated rings. The first-order chi connectivity index (χ1) is 16.0. The summed E-state index contributed by atoms with van der Waals surface area (Å²) in [6.45, 7) is 2.83. The lowest BCUT2D eigenvalue weighted by atomic mass is 10.2. The second-order valence-electron chi connectivity index (χ2n) is 6.18. The summed E-state index contributed by atoms with van der Waals surface area (Å²) < 4.78 is 16.2. The van der Waals surface area contributed by atoms with E-state index in [1.54, 1.807) is 31.2 Å². The molecule has 0 radical (unpaired) electrons. The zero-order valence-electron chi connectivity index (χ0n) is 17.5. The molecule has 15 heteroatoms. The number of nitrogen functional groups attached to an aromatic ring is 1. The minimum Gasteiger partial charge on any atom is -0.487 e. The first-order valence-electron chi connectivity index (χ1n) is 9.41. The van der Waals surface area contributed by atoms with Gasteiger partial charge in [0, 0.05) is 0 Å². The zero-order valence-corrected chi connectivity index (χ0v) is 17.5. The number of anilines is 1. The molecule has 4 N–H and O–H groups in total. The highest BCUT2D eigenvalue weighted by atomic mass is 16.6. The van der Waals surface area contributed by atoms with Gasteiger partial charge in [0.25, 0.3) is 5.91 Å². The fourth-order valence-corrected chi connectivity index (χ4v) is 2.48. The normalized spacial score (nSPS) is 11.8. The number of ether oxygens (including phenoxy) is 2. The van der Waals surface area contributed by atoms with Gasteiger partial charge in [-0.3, -0.25) is 4.79 Å². The van der Waals surface area contributed by atoms with Gasteiger partial charge in [0.1, 0.15) is 18.1 Å². The molecular formula is C18H19N9O6. The van der Waals surface area contributed by atoms with E-state index in [9.17, 15) is 9.59 Å². The molecule has 0 bridgehead atoms. The van der Waals surface area contributed by atoms with Crippen molar-refractivity contribution in [3.63, 3.8) is 0 Å². The molecule has 0 unspecified atom stereocenters. The number of esters is 1. The van der Waals surface area contributed by atoms with E-state index in [-0.39, 0.29) is 41.9 Å². The molecular weight excluding hydrogens is 438 g/mol. The van der Waals surface area contributed by atoms with Gasteiger partial charge in [0.15, 0.2) is 5.69 Å². The van der Waals surface area contributed by atoms with E-state index in [1.165, 1.54) is 6.92 Å². The highest BCUT2D eigenvalue weighted by molar-refractivity contribution is 6.65. The molecule has 33 heavy (non-hydrogen) atoms. The summed E-state index contributed by atoms with van der Waals surface area (Å²) in [5.74, 6) is -1.27. The standard InChI is InChI=1S/C18H19N9O6/c1-3-31-18(29)13(23-30)10(2)20-22-17(28)14-12(9-32-11-7-5-4-6-8-11)27(26-21-14)16-15(19)24-33-25-16/h4-8,30H,3,9H2,1-2H3,(H2,19,24)(H,22,28)/b20-10+,23-13+. The molecule has 0 aliphatic rings. The molecule has 1 amide bonds. The Morgan fingerprint density at radius 3 is 2.67 bits per heavy atom. The van der Waals surface area contributed by atoms with Crippen LogP contribution in [0.5, 0.6) is 5.75 Å². The number of aromatic nitrogens is 5. The van der Waals surface area contributed by atoms with Crippen molar-refractivity contribution in [1.82, 2.24) is 30.7 Å². The van der Waals surface area contributed by atoms with Crippen molar-refractivity contribution in [1.29, 1.82) is 0 Å². The number of rotatable bonds is 9. The lowest BCUT2D eigenvalue weighted by Gasteiger charge is -2.08. The highest BCUT2D eigenvalue weighted by Crippen LogP contribution is 2.18. The lowest BCUT2D eigenvalue weighted by Crippen LogP contribution is -2.28. The van der Waals surface area contributed by atoms with Crippen molar-refractivity contribution in [3.05, 3.63) is 41.7 Å². The molecule has 3 aromatic rings. The maximum Gasteiger partial charge on any atom is 0.362 e. The van der Waals surface area contributed by atoms with Gasteiger partial charge in [-0.25, -0.2) is 14.8 Å². The van der Waals surface area contributed by atoms with Crippen LogP contribution in [0.15, 0.2) is 45.2 Å². The summed E-state index contributed by atoms with van der Waals surface area (Å²) >= 11 is 0. The topological polar surface area (TPSA) is 205 Å². The predicted molar refractivity (Wildman–Crippen MR) is 111 cm³/mol. The molecule has 0 saturated carbocycles. The summed E-state index contributed by atoms with van der Waals surface area (Å²) in [4.78, 5) is 24.5. The van der Waals surface area contributed by atoms with Gasteiger partial charge in [-0.2, -0.15) is 9.78 Å². The number of nitrogens with one attached hydrogen (secondary N) is 1. The Bertz CT molecular complexity index is 1190. The average molecular weight is 457 g/mol. The second-order valence-corrected chi connectivity index (χ2v) is 6.18. The highest BCUT2D eigenvalue weighted by Gasteiger charge is 2.25. The summed E-state index contributed by atoms with van der Waals surface area (Å²) in [7, 11) is 0. The van der Waals surface area contributed by atoms with Crippen LogP contribution in [0.2, 0.25) is 0 Å². The monoisotopic (exact) mass is 457 g/mol. The van der Waals surface area contributed by atoms with Crippen molar-refractivity contribution in [2.24, 2.45) is 10.3 Å². The van der Waals surface area contributed by atoms with Gasteiger partial charge >= 0.3 is 5.97 Å². The van der Waals surface area contributed by atoms with E-state index in [2.05, 4.69) is 40.9 Å². The third-order valence-corrected chi connectivity index (χ3v) is 4.03. The number of hydrogen-bond donors (Lipinski definition) is 3. The van der Waals surface area contributed by atoms with Crippen LogP contribution in [0.4, 0.5) is 5.82 Å². The smallest absolute Gasteiger partial charge is 0.362 e. The van der Waals surface area contributed by atoms with Crippen LogP contribution in [0.3, 0.4) is 0 Å². The number of carbonyl (C=O) groups excluding carboxylic acids is 2. The van der Waals surface area contributed by atoms with Crippen LogP contribution in [0.1, 0.15) is 30.0 Å². The quantitative estimate of drug-likeness (QED) is 0.172. The fourth-order valence-electron chi connectivity index (χ4n) is 2.48. The van der Waals surface area contributed by atoms with E-state index in [0.29, 0.717) is 5.75 Å². The number of para-hydroxylation sites is 1. The Labute approximate surface area is 185 Å². The molecule has 2 aromatic heterocycles. The van der Waals surface area contributed by atoms with E-state index in [4.69, 9.17) is 20.4 Å². The largest absolute Gasteiger partial charge is 0.487 e. The average Bonchev–Trinajstić information content (AvgIpc) is 3.43. The van der Waals surface area contributed by atoms with Gasteiger partial charge in [0.05, 0.1) is 12.3 Å². The second kappa shape index (κ2) is 10.5. The van der Waals surface area contributed by atoms with Gasteiger partial charge in [-0.05, 0) is 36.3 Å². The van der Waals surface area contributed by atoms with Crippen LogP contribution in [0.25, 0.3) is 5.82 Å². The van der Waals surface area contributed by atoms with Crippen LogP contribution in [-0.2, 0) is 16.1 Å². The zero-order chi connectivity index (χ0) is 23.8. The molecule has 172 valence electrons. The number of nitrogens with zero attached hydrogens (tertiary/aromatic N) is 7. The maximum atomic E-state index is 12.8. The van der Waals surface area contributed by atoms with Crippen LogP contribution >= 0.6 is 0 Å². The van der Waals surface area contributed by atoms with Crippen LogP contribution in [0, 0.1) is 0 Å². The van der Waals surface area contributed by atoms with Crippen molar-refractivity contribution < 1.29 is 28.9 Å². The van der Waals surface area contributed by atoms with Gasteiger partial charge in [0.2, 0.25) is 17.3 Å². The number of hydrogen-bond acceptors (Lipinski definition) is 13. The Morgan fingerprint density at radius 1 is 1.27 bits per heavy atom. The number of hydrazone groups is 1.